The summed E-state index contributed by atoms with van der Waals surface area (Å²) in [4.78, 5) is 19.0. The van der Waals surface area contributed by atoms with E-state index in [0.29, 0.717) is 43.4 Å². The topological polar surface area (TPSA) is 86.3 Å². The predicted molar refractivity (Wildman–Crippen MR) is 90.7 cm³/mol. The first kappa shape index (κ1) is 18.6. The molecule has 0 unspecified atom stereocenters. The molecule has 1 aliphatic heterocycles. The van der Waals surface area contributed by atoms with Gasteiger partial charge in [0.25, 0.3) is 5.91 Å². The zero-order valence-electron chi connectivity index (χ0n) is 14.3. The van der Waals surface area contributed by atoms with Crippen molar-refractivity contribution in [3.63, 3.8) is 0 Å². The Morgan fingerprint density at radius 1 is 1.21 bits per heavy atom. The van der Waals surface area contributed by atoms with Crippen molar-refractivity contribution in [2.75, 3.05) is 26.3 Å². The second-order valence-corrected chi connectivity index (χ2v) is 7.13. The quantitative estimate of drug-likeness (QED) is 0.653. The van der Waals surface area contributed by atoms with E-state index in [1.165, 1.54) is 17.5 Å². The average molecular weight is 413 g/mol. The summed E-state index contributed by atoms with van der Waals surface area (Å²) in [5.74, 6) is -1.65. The number of aromatic nitrogens is 4. The fourth-order valence-electron chi connectivity index (χ4n) is 2.74. The number of nitrogens with zero attached hydrogens (tertiary/aromatic N) is 5. The summed E-state index contributed by atoms with van der Waals surface area (Å²) in [6.45, 7) is 2.34. The van der Waals surface area contributed by atoms with Gasteiger partial charge in [-0.05, 0) is 18.2 Å². The van der Waals surface area contributed by atoms with Crippen LogP contribution in [0.15, 0.2) is 28.9 Å². The molecule has 1 fully saturated rings. The third kappa shape index (κ3) is 3.78. The second kappa shape index (κ2) is 7.36. The van der Waals surface area contributed by atoms with Crippen LogP contribution in [0.1, 0.15) is 21.3 Å². The molecule has 1 amide bonds. The van der Waals surface area contributed by atoms with Crippen molar-refractivity contribution in [1.82, 2.24) is 24.8 Å². The Bertz CT molecular complexity index is 974. The Morgan fingerprint density at radius 3 is 2.71 bits per heavy atom. The molecular formula is C16H14F3N5O3S. The van der Waals surface area contributed by atoms with Gasteiger partial charge in [0, 0.05) is 24.2 Å². The number of carbonyl (C=O) groups is 1. The molecule has 0 radical (unpaired) electrons. The molecule has 3 aromatic heterocycles. The highest BCUT2D eigenvalue weighted by molar-refractivity contribution is 7.15. The van der Waals surface area contributed by atoms with Crippen LogP contribution < -0.4 is 0 Å². The summed E-state index contributed by atoms with van der Waals surface area (Å²) in [7, 11) is 0. The average Bonchev–Trinajstić information content (AvgIpc) is 3.42. The summed E-state index contributed by atoms with van der Waals surface area (Å²) in [6, 6.07) is 4.98. The van der Waals surface area contributed by atoms with Crippen LogP contribution in [0, 0.1) is 0 Å². The van der Waals surface area contributed by atoms with E-state index in [1.807, 2.05) is 0 Å². The minimum absolute atomic E-state index is 0.131. The monoisotopic (exact) mass is 413 g/mol. The van der Waals surface area contributed by atoms with Crippen LogP contribution in [0.3, 0.4) is 0 Å². The van der Waals surface area contributed by atoms with E-state index in [4.69, 9.17) is 4.74 Å². The minimum atomic E-state index is -4.69. The molecule has 8 nitrogen and oxygen atoms in total. The van der Waals surface area contributed by atoms with Gasteiger partial charge in [-0.2, -0.15) is 23.3 Å². The Balaban J connectivity index is 1.50. The molecule has 148 valence electrons. The molecule has 0 N–H and O–H groups in total. The third-order valence-electron chi connectivity index (χ3n) is 4.09. The van der Waals surface area contributed by atoms with E-state index in [-0.39, 0.29) is 11.7 Å². The molecule has 0 aliphatic carbocycles. The number of hydrogen-bond donors (Lipinski definition) is 0. The number of ether oxygens (including phenoxy) is 1. The molecule has 1 saturated heterocycles. The van der Waals surface area contributed by atoms with Crippen molar-refractivity contribution in [3.8, 4) is 10.7 Å². The van der Waals surface area contributed by atoms with Crippen LogP contribution in [-0.2, 0) is 17.5 Å². The molecule has 0 saturated carbocycles. The van der Waals surface area contributed by atoms with Gasteiger partial charge < -0.3 is 14.2 Å². The molecule has 12 heteroatoms. The van der Waals surface area contributed by atoms with Gasteiger partial charge in [-0.15, -0.1) is 11.3 Å². The highest BCUT2D eigenvalue weighted by Gasteiger charge is 2.38. The van der Waals surface area contributed by atoms with Gasteiger partial charge >= 0.3 is 12.1 Å². The number of hydrogen-bond acceptors (Lipinski definition) is 7. The lowest BCUT2D eigenvalue weighted by molar-refractivity contribution is -0.159. The fraction of sp³-hybridized carbons (Fsp3) is 0.375. The number of thiophene rings is 1. The number of halogens is 3. The van der Waals surface area contributed by atoms with Crippen molar-refractivity contribution in [3.05, 3.63) is 40.9 Å². The van der Waals surface area contributed by atoms with E-state index < -0.39 is 12.1 Å². The lowest BCUT2D eigenvalue weighted by atomic mass is 10.3. The van der Waals surface area contributed by atoms with Crippen LogP contribution in [0.5, 0.6) is 0 Å². The molecule has 4 heterocycles. The van der Waals surface area contributed by atoms with Crippen LogP contribution in [-0.4, -0.2) is 57.0 Å². The summed E-state index contributed by atoms with van der Waals surface area (Å²) >= 11 is 1.21. The SMILES string of the molecule is O=C(c1ccnn1Cc1ccc(-c2noc(C(F)(F)F)n2)s1)N1CCOCC1. The molecule has 0 aromatic carbocycles. The summed E-state index contributed by atoms with van der Waals surface area (Å²) in [5.41, 5.74) is 0.441. The van der Waals surface area contributed by atoms with E-state index >= 15 is 0 Å². The molecule has 28 heavy (non-hydrogen) atoms. The standard InChI is InChI=1S/C16H14F3N5O3S/c17-16(18,19)15-21-13(22-27-15)12-2-1-10(28-12)9-24-11(3-4-20-24)14(25)23-5-7-26-8-6-23/h1-4H,5-9H2. The van der Waals surface area contributed by atoms with E-state index in [9.17, 15) is 18.0 Å². The third-order valence-corrected chi connectivity index (χ3v) is 5.16. The zero-order chi connectivity index (χ0) is 19.7. The number of carbonyl (C=O) groups excluding carboxylic acids is 1. The predicted octanol–water partition coefficient (Wildman–Crippen LogP) is 2.53. The number of morpholine rings is 1. The summed E-state index contributed by atoms with van der Waals surface area (Å²) in [5, 5.41) is 7.57. The van der Waals surface area contributed by atoms with Crippen molar-refractivity contribution in [1.29, 1.82) is 0 Å². The number of rotatable bonds is 4. The largest absolute Gasteiger partial charge is 0.471 e. The lowest BCUT2D eigenvalue weighted by Crippen LogP contribution is -2.41. The van der Waals surface area contributed by atoms with Crippen LogP contribution in [0.4, 0.5) is 13.2 Å². The highest BCUT2D eigenvalue weighted by atomic mass is 32.1. The first-order valence-electron chi connectivity index (χ1n) is 8.30. The van der Waals surface area contributed by atoms with Crippen LogP contribution in [0.25, 0.3) is 10.7 Å². The summed E-state index contributed by atoms with van der Waals surface area (Å²) in [6.07, 6.45) is -3.15. The van der Waals surface area contributed by atoms with Gasteiger partial charge in [0.1, 0.15) is 5.69 Å². The normalized spacial score (nSPS) is 15.2. The molecule has 0 atom stereocenters. The maximum atomic E-state index is 12.7. The molecule has 4 rings (SSSR count). The first-order valence-corrected chi connectivity index (χ1v) is 9.12. The van der Waals surface area contributed by atoms with Gasteiger partial charge in [-0.1, -0.05) is 5.16 Å². The molecule has 1 aliphatic rings. The second-order valence-electron chi connectivity index (χ2n) is 5.97. The highest BCUT2D eigenvalue weighted by Crippen LogP contribution is 2.32. The van der Waals surface area contributed by atoms with Crippen molar-refractivity contribution in [2.24, 2.45) is 0 Å². The van der Waals surface area contributed by atoms with Gasteiger partial charge in [0.15, 0.2) is 0 Å². The Morgan fingerprint density at radius 2 is 2.00 bits per heavy atom. The zero-order valence-corrected chi connectivity index (χ0v) is 15.2. The van der Waals surface area contributed by atoms with Crippen molar-refractivity contribution < 1.29 is 27.2 Å². The Kier molecular flexibility index (Phi) is 4.89. The molecule has 0 spiro atoms. The number of alkyl halides is 3. The van der Waals surface area contributed by atoms with E-state index in [1.54, 1.807) is 27.8 Å². The van der Waals surface area contributed by atoms with Gasteiger partial charge in [-0.3, -0.25) is 9.48 Å². The van der Waals surface area contributed by atoms with Crippen molar-refractivity contribution in [2.45, 2.75) is 12.7 Å². The van der Waals surface area contributed by atoms with Crippen LogP contribution >= 0.6 is 11.3 Å². The number of amides is 1. The molecule has 3 aromatic rings. The smallest absolute Gasteiger partial charge is 0.378 e. The fourth-order valence-corrected chi connectivity index (χ4v) is 3.65. The molecule has 0 bridgehead atoms. The summed E-state index contributed by atoms with van der Waals surface area (Å²) < 4.78 is 48.9. The van der Waals surface area contributed by atoms with Gasteiger partial charge in [0.2, 0.25) is 5.82 Å². The van der Waals surface area contributed by atoms with Crippen LogP contribution in [0.2, 0.25) is 0 Å². The Hall–Kier alpha value is -2.73. The van der Waals surface area contributed by atoms with Crippen molar-refractivity contribution >= 4 is 17.2 Å². The Labute approximate surface area is 160 Å². The van der Waals surface area contributed by atoms with E-state index in [0.717, 1.165) is 4.88 Å². The first-order chi connectivity index (χ1) is 13.4. The maximum Gasteiger partial charge on any atom is 0.471 e. The van der Waals surface area contributed by atoms with Gasteiger partial charge in [-0.25, -0.2) is 0 Å². The molecular weight excluding hydrogens is 399 g/mol. The maximum absolute atomic E-state index is 12.7. The van der Waals surface area contributed by atoms with E-state index in [2.05, 4.69) is 19.8 Å². The minimum Gasteiger partial charge on any atom is -0.378 e. The van der Waals surface area contributed by atoms with Gasteiger partial charge in [0.05, 0.1) is 24.6 Å². The lowest BCUT2D eigenvalue weighted by Gasteiger charge is -2.26.